The summed E-state index contributed by atoms with van der Waals surface area (Å²) in [5.41, 5.74) is 7.80. The normalized spacial score (nSPS) is 11.0. The number of fused-ring (bicyclic) bond motifs is 2. The summed E-state index contributed by atoms with van der Waals surface area (Å²) in [6.07, 6.45) is 0. The van der Waals surface area contributed by atoms with E-state index in [1.54, 1.807) is 0 Å². The number of rotatable bonds is 6. The molecule has 0 aliphatic heterocycles. The molecule has 0 saturated carbocycles. The fourth-order valence-corrected chi connectivity index (χ4v) is 5.49. The van der Waals surface area contributed by atoms with Gasteiger partial charge in [0, 0.05) is 34.0 Å². The van der Waals surface area contributed by atoms with E-state index in [1.807, 2.05) is 0 Å². The van der Waals surface area contributed by atoms with Crippen molar-refractivity contribution in [1.29, 1.82) is 0 Å². The molecular formula is C38H28N2. The molecule has 0 amide bonds. The first kappa shape index (κ1) is 23.8. The van der Waals surface area contributed by atoms with Crippen molar-refractivity contribution < 1.29 is 0 Å². The maximum atomic E-state index is 3.80. The second-order valence-corrected chi connectivity index (χ2v) is 9.95. The summed E-state index contributed by atoms with van der Waals surface area (Å²) in [5, 5.41) is 8.72. The van der Waals surface area contributed by atoms with Crippen molar-refractivity contribution in [2.45, 2.75) is 0 Å². The van der Waals surface area contributed by atoms with Gasteiger partial charge >= 0.3 is 0 Å². The van der Waals surface area contributed by atoms with Gasteiger partial charge in [0.25, 0.3) is 0 Å². The topological polar surface area (TPSA) is 15.3 Å². The minimum Gasteiger partial charge on any atom is -0.355 e. The number of hydrogen-bond acceptors (Lipinski definition) is 2. The van der Waals surface area contributed by atoms with Crippen LogP contribution in [0.15, 0.2) is 164 Å². The smallest absolute Gasteiger partial charge is 0.0485 e. The monoisotopic (exact) mass is 512 g/mol. The molecule has 0 spiro atoms. The zero-order valence-corrected chi connectivity index (χ0v) is 22.0. The Morgan fingerprint density at radius 1 is 0.375 bits per heavy atom. The second-order valence-electron chi connectivity index (χ2n) is 9.95. The summed E-state index contributed by atoms with van der Waals surface area (Å²) in [4.78, 5) is 2.30. The van der Waals surface area contributed by atoms with Gasteiger partial charge < -0.3 is 10.2 Å². The van der Waals surface area contributed by atoms with Gasteiger partial charge in [0.15, 0.2) is 0 Å². The number of para-hydroxylation sites is 2. The molecule has 0 aliphatic carbocycles. The lowest BCUT2D eigenvalue weighted by atomic mass is 9.96. The summed E-state index contributed by atoms with van der Waals surface area (Å²) in [6, 6.07) is 58.0. The SMILES string of the molecule is c1ccc(N(c2ccccc2)c2ccc(-c3cccc4ccccc34)c(Nc3ccc4ccccc4c3)c2)cc1. The summed E-state index contributed by atoms with van der Waals surface area (Å²) in [5.74, 6) is 0. The van der Waals surface area contributed by atoms with Crippen molar-refractivity contribution in [2.24, 2.45) is 0 Å². The van der Waals surface area contributed by atoms with E-state index >= 15 is 0 Å². The second kappa shape index (κ2) is 10.4. The molecule has 0 bridgehead atoms. The highest BCUT2D eigenvalue weighted by Crippen LogP contribution is 2.41. The van der Waals surface area contributed by atoms with Crippen LogP contribution in [0.25, 0.3) is 32.7 Å². The Hall–Kier alpha value is -5.34. The molecule has 0 unspecified atom stereocenters. The molecule has 7 aromatic rings. The van der Waals surface area contributed by atoms with Gasteiger partial charge in [0.1, 0.15) is 0 Å². The summed E-state index contributed by atoms with van der Waals surface area (Å²) in [6.45, 7) is 0. The largest absolute Gasteiger partial charge is 0.355 e. The Morgan fingerprint density at radius 3 is 1.75 bits per heavy atom. The molecule has 2 nitrogen and oxygen atoms in total. The number of anilines is 5. The summed E-state index contributed by atoms with van der Waals surface area (Å²) < 4.78 is 0. The molecule has 0 fully saturated rings. The van der Waals surface area contributed by atoms with Gasteiger partial charge in [-0.3, -0.25) is 0 Å². The van der Waals surface area contributed by atoms with E-state index < -0.39 is 0 Å². The lowest BCUT2D eigenvalue weighted by molar-refractivity contribution is 1.28. The molecule has 0 saturated heterocycles. The third-order valence-corrected chi connectivity index (χ3v) is 7.40. The van der Waals surface area contributed by atoms with Crippen LogP contribution < -0.4 is 10.2 Å². The molecule has 0 heterocycles. The number of nitrogens with zero attached hydrogens (tertiary/aromatic N) is 1. The highest BCUT2D eigenvalue weighted by atomic mass is 15.1. The van der Waals surface area contributed by atoms with Gasteiger partial charge in [-0.15, -0.1) is 0 Å². The first-order valence-electron chi connectivity index (χ1n) is 13.6. The van der Waals surface area contributed by atoms with E-state index in [4.69, 9.17) is 0 Å². The van der Waals surface area contributed by atoms with Crippen LogP contribution in [-0.4, -0.2) is 0 Å². The standard InChI is InChI=1S/C38H28N2/c1-3-16-32(17-4-1)40(33-18-5-2-6-19-33)34-24-25-37(36-21-11-15-29-13-9-10-20-35(29)36)38(27-34)39-31-23-22-28-12-7-8-14-30(28)26-31/h1-27,39H. The van der Waals surface area contributed by atoms with E-state index in [-0.39, 0.29) is 0 Å². The zero-order valence-electron chi connectivity index (χ0n) is 22.0. The van der Waals surface area contributed by atoms with Gasteiger partial charge in [-0.1, -0.05) is 115 Å². The first-order valence-corrected chi connectivity index (χ1v) is 13.6. The summed E-state index contributed by atoms with van der Waals surface area (Å²) in [7, 11) is 0. The van der Waals surface area contributed by atoms with E-state index in [2.05, 4.69) is 174 Å². The van der Waals surface area contributed by atoms with Gasteiger partial charge in [0.2, 0.25) is 0 Å². The molecule has 0 radical (unpaired) electrons. The number of nitrogens with one attached hydrogen (secondary N) is 1. The highest BCUT2D eigenvalue weighted by Gasteiger charge is 2.16. The van der Waals surface area contributed by atoms with Gasteiger partial charge in [-0.2, -0.15) is 0 Å². The van der Waals surface area contributed by atoms with Crippen molar-refractivity contribution in [3.05, 3.63) is 164 Å². The fourth-order valence-electron chi connectivity index (χ4n) is 5.49. The Morgan fingerprint density at radius 2 is 1.00 bits per heavy atom. The van der Waals surface area contributed by atoms with E-state index in [0.717, 1.165) is 34.0 Å². The van der Waals surface area contributed by atoms with E-state index in [9.17, 15) is 0 Å². The third kappa shape index (κ3) is 4.57. The Kier molecular flexibility index (Phi) is 6.20. The summed E-state index contributed by atoms with van der Waals surface area (Å²) >= 11 is 0. The molecule has 0 aliphatic rings. The lowest BCUT2D eigenvalue weighted by Crippen LogP contribution is -2.10. The maximum Gasteiger partial charge on any atom is 0.0485 e. The molecule has 190 valence electrons. The average Bonchev–Trinajstić information content (AvgIpc) is 3.02. The molecule has 7 aromatic carbocycles. The number of hydrogen-bond donors (Lipinski definition) is 1. The van der Waals surface area contributed by atoms with Gasteiger partial charge in [-0.05, 0) is 75.6 Å². The van der Waals surface area contributed by atoms with Crippen LogP contribution in [-0.2, 0) is 0 Å². The Labute approximate surface area is 234 Å². The van der Waals surface area contributed by atoms with Crippen LogP contribution in [0.5, 0.6) is 0 Å². The Bertz CT molecular complexity index is 1880. The Balaban J connectivity index is 1.42. The molecular weight excluding hydrogens is 484 g/mol. The third-order valence-electron chi connectivity index (χ3n) is 7.40. The van der Waals surface area contributed by atoms with Crippen LogP contribution in [0.1, 0.15) is 0 Å². The van der Waals surface area contributed by atoms with Crippen LogP contribution >= 0.6 is 0 Å². The van der Waals surface area contributed by atoms with Gasteiger partial charge in [0.05, 0.1) is 0 Å². The van der Waals surface area contributed by atoms with Gasteiger partial charge in [-0.25, -0.2) is 0 Å². The van der Waals surface area contributed by atoms with E-state index in [1.165, 1.54) is 27.1 Å². The highest BCUT2D eigenvalue weighted by molar-refractivity contribution is 6.01. The van der Waals surface area contributed by atoms with Crippen LogP contribution in [0, 0.1) is 0 Å². The van der Waals surface area contributed by atoms with E-state index in [0.29, 0.717) is 0 Å². The predicted octanol–water partition coefficient (Wildman–Crippen LogP) is 10.9. The zero-order chi connectivity index (χ0) is 26.7. The van der Waals surface area contributed by atoms with Crippen LogP contribution in [0.3, 0.4) is 0 Å². The molecule has 0 aromatic heterocycles. The van der Waals surface area contributed by atoms with Crippen LogP contribution in [0.2, 0.25) is 0 Å². The van der Waals surface area contributed by atoms with Crippen molar-refractivity contribution in [1.82, 2.24) is 0 Å². The minimum absolute atomic E-state index is 1.06. The van der Waals surface area contributed by atoms with Crippen molar-refractivity contribution in [3.63, 3.8) is 0 Å². The molecule has 1 N–H and O–H groups in total. The first-order chi connectivity index (χ1) is 19.8. The van der Waals surface area contributed by atoms with Crippen molar-refractivity contribution in [2.75, 3.05) is 10.2 Å². The molecule has 0 atom stereocenters. The van der Waals surface area contributed by atoms with Crippen molar-refractivity contribution >= 4 is 50.0 Å². The quantitative estimate of drug-likeness (QED) is 0.238. The molecule has 40 heavy (non-hydrogen) atoms. The predicted molar refractivity (Wildman–Crippen MR) is 171 cm³/mol. The van der Waals surface area contributed by atoms with Crippen LogP contribution in [0.4, 0.5) is 28.4 Å². The molecule has 7 rings (SSSR count). The average molecular weight is 513 g/mol. The molecule has 2 heteroatoms. The minimum atomic E-state index is 1.06. The van der Waals surface area contributed by atoms with Crippen molar-refractivity contribution in [3.8, 4) is 11.1 Å². The maximum absolute atomic E-state index is 3.80. The fraction of sp³-hybridized carbons (Fsp3) is 0. The number of benzene rings is 7. The lowest BCUT2D eigenvalue weighted by Gasteiger charge is -2.27.